The van der Waals surface area contributed by atoms with Gasteiger partial charge in [0.05, 0.1) is 12.2 Å². The molecule has 2 nitrogen and oxygen atoms in total. The largest absolute Gasteiger partial charge is 0.374 e. The maximum atomic E-state index is 5.92. The molecule has 0 aromatic rings. The van der Waals surface area contributed by atoms with Crippen LogP contribution in [0.2, 0.25) is 0 Å². The van der Waals surface area contributed by atoms with Gasteiger partial charge in [0.1, 0.15) is 0 Å². The molecule has 2 atom stereocenters. The molecule has 1 saturated heterocycles. The van der Waals surface area contributed by atoms with Gasteiger partial charge in [0.2, 0.25) is 0 Å². The van der Waals surface area contributed by atoms with E-state index in [1.807, 2.05) is 0 Å². The Hall–Kier alpha value is 0.400. The number of ether oxygens (including phenoxy) is 1. The molecule has 3 heteroatoms. The Morgan fingerprint density at radius 1 is 1.31 bits per heavy atom. The van der Waals surface area contributed by atoms with E-state index in [9.17, 15) is 0 Å². The molecule has 0 aromatic carbocycles. The van der Waals surface area contributed by atoms with E-state index < -0.39 is 0 Å². The first kappa shape index (κ1) is 14.5. The van der Waals surface area contributed by atoms with Crippen molar-refractivity contribution >= 4 is 15.9 Å². The lowest BCUT2D eigenvalue weighted by Crippen LogP contribution is -2.41. The first-order valence-corrected chi connectivity index (χ1v) is 7.78. The van der Waals surface area contributed by atoms with Gasteiger partial charge in [-0.25, -0.2) is 0 Å². The van der Waals surface area contributed by atoms with Gasteiger partial charge in [0.15, 0.2) is 0 Å². The van der Waals surface area contributed by atoms with Crippen molar-refractivity contribution < 1.29 is 4.74 Å². The maximum absolute atomic E-state index is 5.92. The standard InChI is InChI=1S/C13H26BrNO/c1-4-12(5-2)15(9-8-14)10-13-7-6-11(3)16-13/h11-13H,4-10H2,1-3H3. The third-order valence-corrected chi connectivity index (χ3v) is 3.94. The number of alkyl halides is 1. The third kappa shape index (κ3) is 4.34. The van der Waals surface area contributed by atoms with E-state index >= 15 is 0 Å². The molecule has 2 unspecified atom stereocenters. The summed E-state index contributed by atoms with van der Waals surface area (Å²) in [6.07, 6.45) is 5.89. The van der Waals surface area contributed by atoms with Crippen molar-refractivity contribution in [3.8, 4) is 0 Å². The smallest absolute Gasteiger partial charge is 0.0706 e. The van der Waals surface area contributed by atoms with Crippen molar-refractivity contribution in [2.45, 2.75) is 64.7 Å². The number of halogens is 1. The van der Waals surface area contributed by atoms with Crippen LogP contribution in [0.4, 0.5) is 0 Å². The second kappa shape index (κ2) is 7.67. The molecular weight excluding hydrogens is 266 g/mol. The highest BCUT2D eigenvalue weighted by Gasteiger charge is 2.25. The van der Waals surface area contributed by atoms with Crippen LogP contribution in [0.5, 0.6) is 0 Å². The maximum Gasteiger partial charge on any atom is 0.0706 e. The van der Waals surface area contributed by atoms with Gasteiger partial charge in [-0.3, -0.25) is 4.90 Å². The van der Waals surface area contributed by atoms with E-state index in [1.165, 1.54) is 25.7 Å². The van der Waals surface area contributed by atoms with Crippen molar-refractivity contribution in [1.29, 1.82) is 0 Å². The minimum absolute atomic E-state index is 0.467. The van der Waals surface area contributed by atoms with Crippen molar-refractivity contribution in [1.82, 2.24) is 4.90 Å². The van der Waals surface area contributed by atoms with Crippen molar-refractivity contribution in [2.75, 3.05) is 18.4 Å². The Labute approximate surface area is 109 Å². The molecule has 96 valence electrons. The third-order valence-electron chi connectivity index (χ3n) is 3.59. The molecule has 0 bridgehead atoms. The average molecular weight is 292 g/mol. The normalized spacial score (nSPS) is 25.9. The van der Waals surface area contributed by atoms with E-state index in [2.05, 4.69) is 41.6 Å². The van der Waals surface area contributed by atoms with Gasteiger partial charge < -0.3 is 4.74 Å². The number of hydrogen-bond donors (Lipinski definition) is 0. The minimum Gasteiger partial charge on any atom is -0.374 e. The summed E-state index contributed by atoms with van der Waals surface area (Å²) in [7, 11) is 0. The summed E-state index contributed by atoms with van der Waals surface area (Å²) in [5.74, 6) is 0. The summed E-state index contributed by atoms with van der Waals surface area (Å²) in [4.78, 5) is 2.59. The van der Waals surface area contributed by atoms with Crippen molar-refractivity contribution in [3.63, 3.8) is 0 Å². The molecular formula is C13H26BrNO. The predicted octanol–water partition coefficient (Wildman–Crippen LogP) is 3.44. The van der Waals surface area contributed by atoms with Crippen LogP contribution >= 0.6 is 15.9 Å². The van der Waals surface area contributed by atoms with Crippen molar-refractivity contribution in [3.05, 3.63) is 0 Å². The summed E-state index contributed by atoms with van der Waals surface area (Å²) in [6, 6.07) is 0.719. The Balaban J connectivity index is 2.43. The van der Waals surface area contributed by atoms with Gasteiger partial charge >= 0.3 is 0 Å². The molecule has 1 heterocycles. The fourth-order valence-corrected chi connectivity index (χ4v) is 3.07. The topological polar surface area (TPSA) is 12.5 Å². The number of nitrogens with zero attached hydrogens (tertiary/aromatic N) is 1. The summed E-state index contributed by atoms with van der Waals surface area (Å²) in [6.45, 7) is 9.01. The summed E-state index contributed by atoms with van der Waals surface area (Å²) in [5.41, 5.74) is 0. The lowest BCUT2D eigenvalue weighted by Gasteiger charge is -2.31. The quantitative estimate of drug-likeness (QED) is 0.666. The highest BCUT2D eigenvalue weighted by atomic mass is 79.9. The van der Waals surface area contributed by atoms with Gasteiger partial charge in [-0.05, 0) is 32.6 Å². The SMILES string of the molecule is CCC(CC)N(CCBr)CC1CCC(C)O1. The van der Waals surface area contributed by atoms with Gasteiger partial charge in [0.25, 0.3) is 0 Å². The monoisotopic (exact) mass is 291 g/mol. The highest BCUT2D eigenvalue weighted by molar-refractivity contribution is 9.09. The van der Waals surface area contributed by atoms with Crippen LogP contribution in [0, 0.1) is 0 Å². The van der Waals surface area contributed by atoms with Crippen LogP contribution in [-0.4, -0.2) is 41.6 Å². The second-order valence-corrected chi connectivity index (χ2v) is 5.59. The van der Waals surface area contributed by atoms with E-state index in [-0.39, 0.29) is 0 Å². The molecule has 0 spiro atoms. The molecule has 0 amide bonds. The zero-order chi connectivity index (χ0) is 12.0. The molecule has 0 N–H and O–H groups in total. The molecule has 0 aromatic heterocycles. The molecule has 0 saturated carbocycles. The molecule has 16 heavy (non-hydrogen) atoms. The summed E-state index contributed by atoms with van der Waals surface area (Å²) in [5, 5.41) is 1.06. The van der Waals surface area contributed by atoms with E-state index in [4.69, 9.17) is 4.74 Å². The number of hydrogen-bond acceptors (Lipinski definition) is 2. The predicted molar refractivity (Wildman–Crippen MR) is 73.3 cm³/mol. The molecule has 0 radical (unpaired) electrons. The first-order chi connectivity index (χ1) is 7.71. The molecule has 1 aliphatic heterocycles. The van der Waals surface area contributed by atoms with Crippen LogP contribution in [-0.2, 0) is 4.74 Å². The van der Waals surface area contributed by atoms with Gasteiger partial charge in [-0.1, -0.05) is 29.8 Å². The molecule has 1 aliphatic rings. The number of rotatable bonds is 7. The Morgan fingerprint density at radius 3 is 2.44 bits per heavy atom. The minimum atomic E-state index is 0.467. The van der Waals surface area contributed by atoms with E-state index in [1.54, 1.807) is 0 Å². The zero-order valence-electron chi connectivity index (χ0n) is 10.9. The van der Waals surface area contributed by atoms with Crippen molar-refractivity contribution in [2.24, 2.45) is 0 Å². The highest BCUT2D eigenvalue weighted by Crippen LogP contribution is 2.21. The van der Waals surface area contributed by atoms with Gasteiger partial charge in [-0.15, -0.1) is 0 Å². The molecule has 1 fully saturated rings. The first-order valence-electron chi connectivity index (χ1n) is 6.66. The fourth-order valence-electron chi connectivity index (χ4n) is 2.62. The summed E-state index contributed by atoms with van der Waals surface area (Å²) >= 11 is 3.56. The fraction of sp³-hybridized carbons (Fsp3) is 1.00. The Morgan fingerprint density at radius 2 is 2.00 bits per heavy atom. The van der Waals surface area contributed by atoms with Crippen LogP contribution in [0.25, 0.3) is 0 Å². The zero-order valence-corrected chi connectivity index (χ0v) is 12.5. The lowest BCUT2D eigenvalue weighted by atomic mass is 10.1. The van der Waals surface area contributed by atoms with Gasteiger partial charge in [-0.2, -0.15) is 0 Å². The summed E-state index contributed by atoms with van der Waals surface area (Å²) < 4.78 is 5.92. The van der Waals surface area contributed by atoms with Gasteiger partial charge in [0, 0.05) is 24.5 Å². The Bertz CT molecular complexity index is 185. The Kier molecular flexibility index (Phi) is 6.94. The van der Waals surface area contributed by atoms with Crippen LogP contribution in [0.15, 0.2) is 0 Å². The second-order valence-electron chi connectivity index (χ2n) is 4.80. The van der Waals surface area contributed by atoms with E-state index in [0.29, 0.717) is 12.2 Å². The molecule has 0 aliphatic carbocycles. The molecule has 1 rings (SSSR count). The van der Waals surface area contributed by atoms with E-state index in [0.717, 1.165) is 24.5 Å². The lowest BCUT2D eigenvalue weighted by molar-refractivity contribution is 0.0221. The van der Waals surface area contributed by atoms with Crippen LogP contribution in [0.1, 0.15) is 46.5 Å². The average Bonchev–Trinajstić information content (AvgIpc) is 2.66. The van der Waals surface area contributed by atoms with Crippen LogP contribution < -0.4 is 0 Å². The van der Waals surface area contributed by atoms with Crippen LogP contribution in [0.3, 0.4) is 0 Å².